The molecule has 2 N–H and O–H groups in total. The molecule has 0 radical (unpaired) electrons. The number of hydrogen-bond acceptors (Lipinski definition) is 5. The Morgan fingerprint density at radius 1 is 1.53 bits per heavy atom. The average molecular weight is 390 g/mol. The van der Waals surface area contributed by atoms with Crippen molar-refractivity contribution in [3.05, 3.63) is 21.0 Å². The maximum atomic E-state index is 12.3. The lowest BCUT2D eigenvalue weighted by Crippen LogP contribution is -2.21. The van der Waals surface area contributed by atoms with Gasteiger partial charge in [-0.25, -0.2) is 0 Å². The lowest BCUT2D eigenvalue weighted by atomic mass is 10.2. The minimum absolute atomic E-state index is 0.0321. The summed E-state index contributed by atoms with van der Waals surface area (Å²) >= 11 is 1.65. The number of carbonyl (C=O) groups excluding carboxylic acids is 1. The molecule has 0 saturated heterocycles. The van der Waals surface area contributed by atoms with Crippen molar-refractivity contribution in [3.8, 4) is 5.75 Å². The maximum absolute atomic E-state index is 12.3. The monoisotopic (exact) mass is 390 g/mol. The number of carbonyl (C=O) groups is 1. The van der Waals surface area contributed by atoms with E-state index in [1.165, 1.54) is 13.3 Å². The second kappa shape index (κ2) is 6.37. The molecule has 0 bridgehead atoms. The Morgan fingerprint density at radius 2 is 2.16 bits per heavy atom. The van der Waals surface area contributed by atoms with Crippen molar-refractivity contribution in [2.24, 2.45) is 5.73 Å². The Balaban J connectivity index is 3.18. The number of nitrogens with zero attached hydrogens (tertiary/aromatic N) is 1. The molecule has 1 aromatic rings. The van der Waals surface area contributed by atoms with Crippen LogP contribution in [0.3, 0.4) is 0 Å². The highest BCUT2D eigenvalue weighted by Gasteiger charge is 2.34. The highest BCUT2D eigenvalue weighted by molar-refractivity contribution is 14.1. The number of rotatable bonds is 4. The lowest BCUT2D eigenvalue weighted by molar-refractivity contribution is -0.275. The minimum atomic E-state index is -4.85. The molecule has 0 aliphatic rings. The lowest BCUT2D eigenvalue weighted by Gasteiger charge is -2.15. The maximum Gasteiger partial charge on any atom is 0.573 e. The highest BCUT2D eigenvalue weighted by atomic mass is 127. The predicted molar refractivity (Wildman–Crippen MR) is 67.2 cm³/mol. The normalized spacial score (nSPS) is 11.3. The van der Waals surface area contributed by atoms with Crippen molar-refractivity contribution < 1.29 is 27.4 Å². The summed E-state index contributed by atoms with van der Waals surface area (Å²) in [5.41, 5.74) is 5.56. The Labute approximate surface area is 120 Å². The van der Waals surface area contributed by atoms with Crippen LogP contribution >= 0.6 is 22.6 Å². The van der Waals surface area contributed by atoms with E-state index in [1.54, 1.807) is 22.6 Å². The smallest absolute Gasteiger partial charge is 0.469 e. The third-order valence-electron chi connectivity index (χ3n) is 2.09. The van der Waals surface area contributed by atoms with Crippen LogP contribution in [0.25, 0.3) is 0 Å². The van der Waals surface area contributed by atoms with E-state index < -0.39 is 18.1 Å². The standard InChI is InChI=1S/C10H10F3IN2O3/c1-18-7(17)2-5-4-16-6(3-15)9(8(5)14)19-10(11,12)13/h4H,2-3,15H2,1H3. The van der Waals surface area contributed by atoms with Crippen LogP contribution in [0.1, 0.15) is 11.3 Å². The van der Waals surface area contributed by atoms with Gasteiger partial charge in [0.2, 0.25) is 0 Å². The molecule has 0 aliphatic carbocycles. The first-order valence-corrected chi connectivity index (χ1v) is 6.05. The number of halogens is 4. The van der Waals surface area contributed by atoms with E-state index in [0.717, 1.165) is 0 Å². The topological polar surface area (TPSA) is 74.4 Å². The van der Waals surface area contributed by atoms with Crippen LogP contribution in [-0.4, -0.2) is 24.4 Å². The molecule has 0 amide bonds. The fraction of sp³-hybridized carbons (Fsp3) is 0.400. The summed E-state index contributed by atoms with van der Waals surface area (Å²) in [7, 11) is 1.18. The second-order valence-corrected chi connectivity index (χ2v) is 4.46. The molecule has 0 atom stereocenters. The fourth-order valence-electron chi connectivity index (χ4n) is 1.26. The Kier molecular flexibility index (Phi) is 5.35. The van der Waals surface area contributed by atoms with E-state index in [1.807, 2.05) is 0 Å². The predicted octanol–water partition coefficient (Wildman–Crippen LogP) is 1.76. The number of aromatic nitrogens is 1. The average Bonchev–Trinajstić information content (AvgIpc) is 2.32. The number of hydrogen-bond donors (Lipinski definition) is 1. The molecule has 1 rings (SSSR count). The summed E-state index contributed by atoms with van der Waals surface area (Å²) < 4.78 is 45.4. The van der Waals surface area contributed by atoms with Crippen molar-refractivity contribution >= 4 is 28.6 Å². The van der Waals surface area contributed by atoms with Gasteiger partial charge in [0, 0.05) is 12.7 Å². The number of ether oxygens (including phenoxy) is 2. The van der Waals surface area contributed by atoms with Crippen LogP contribution in [0.5, 0.6) is 5.75 Å². The second-order valence-electron chi connectivity index (χ2n) is 3.38. The zero-order valence-corrected chi connectivity index (χ0v) is 11.9. The van der Waals surface area contributed by atoms with Gasteiger partial charge < -0.3 is 15.2 Å². The van der Waals surface area contributed by atoms with Gasteiger partial charge in [-0.3, -0.25) is 9.78 Å². The van der Waals surface area contributed by atoms with E-state index in [0.29, 0.717) is 0 Å². The molecule has 9 heteroatoms. The molecular formula is C10H10F3IN2O3. The molecule has 1 aromatic heterocycles. The van der Waals surface area contributed by atoms with Crippen LogP contribution in [0.15, 0.2) is 6.20 Å². The van der Waals surface area contributed by atoms with E-state index in [4.69, 9.17) is 5.73 Å². The number of pyridine rings is 1. The first-order valence-electron chi connectivity index (χ1n) is 4.97. The molecule has 19 heavy (non-hydrogen) atoms. The van der Waals surface area contributed by atoms with Crippen molar-refractivity contribution in [1.29, 1.82) is 0 Å². The quantitative estimate of drug-likeness (QED) is 0.627. The summed E-state index contributed by atoms with van der Waals surface area (Å²) in [5, 5.41) is 0. The van der Waals surface area contributed by atoms with Crippen molar-refractivity contribution in [2.75, 3.05) is 7.11 Å². The molecule has 0 unspecified atom stereocenters. The van der Waals surface area contributed by atoms with Crippen LogP contribution in [0.2, 0.25) is 0 Å². The van der Waals surface area contributed by atoms with E-state index in [9.17, 15) is 18.0 Å². The van der Waals surface area contributed by atoms with Crippen molar-refractivity contribution in [2.45, 2.75) is 19.3 Å². The summed E-state index contributed by atoms with van der Waals surface area (Å²) in [6.45, 7) is -0.208. The van der Waals surface area contributed by atoms with E-state index in [2.05, 4.69) is 14.5 Å². The molecule has 0 aliphatic heterocycles. The van der Waals surface area contributed by atoms with E-state index in [-0.39, 0.29) is 27.8 Å². The minimum Gasteiger partial charge on any atom is -0.469 e. The van der Waals surface area contributed by atoms with Gasteiger partial charge in [0.1, 0.15) is 0 Å². The molecule has 0 saturated carbocycles. The third kappa shape index (κ3) is 4.49. The highest BCUT2D eigenvalue weighted by Crippen LogP contribution is 2.32. The Morgan fingerprint density at radius 3 is 2.63 bits per heavy atom. The zero-order valence-electron chi connectivity index (χ0n) is 9.75. The first-order chi connectivity index (χ1) is 8.78. The van der Waals surface area contributed by atoms with Crippen LogP contribution in [0, 0.1) is 3.57 Å². The molecule has 5 nitrogen and oxygen atoms in total. The molecule has 106 valence electrons. The van der Waals surface area contributed by atoms with Gasteiger partial charge >= 0.3 is 12.3 Å². The molecule has 0 spiro atoms. The molecule has 0 fully saturated rings. The molecular weight excluding hydrogens is 380 g/mol. The van der Waals surface area contributed by atoms with Crippen LogP contribution in [-0.2, 0) is 22.5 Å². The van der Waals surface area contributed by atoms with Crippen LogP contribution < -0.4 is 10.5 Å². The summed E-state index contributed by atoms with van der Waals surface area (Å²) in [6.07, 6.45) is -3.76. The summed E-state index contributed by atoms with van der Waals surface area (Å²) in [5.74, 6) is -1.06. The summed E-state index contributed by atoms with van der Waals surface area (Å²) in [4.78, 5) is 14.9. The van der Waals surface area contributed by atoms with Gasteiger partial charge in [0.15, 0.2) is 5.75 Å². The summed E-state index contributed by atoms with van der Waals surface area (Å²) in [6, 6.07) is 0. The largest absolute Gasteiger partial charge is 0.573 e. The third-order valence-corrected chi connectivity index (χ3v) is 3.28. The van der Waals surface area contributed by atoms with E-state index >= 15 is 0 Å². The molecule has 0 aromatic carbocycles. The fourth-order valence-corrected chi connectivity index (χ4v) is 2.01. The zero-order chi connectivity index (χ0) is 14.6. The van der Waals surface area contributed by atoms with Gasteiger partial charge in [-0.15, -0.1) is 13.2 Å². The number of nitrogens with two attached hydrogens (primary N) is 1. The van der Waals surface area contributed by atoms with Gasteiger partial charge in [-0.1, -0.05) is 0 Å². The number of esters is 1. The Bertz CT molecular complexity index is 480. The number of alkyl halides is 3. The number of methoxy groups -OCH3 is 1. The SMILES string of the molecule is COC(=O)Cc1cnc(CN)c(OC(F)(F)F)c1I. The molecule has 1 heterocycles. The van der Waals surface area contributed by atoms with Crippen molar-refractivity contribution in [1.82, 2.24) is 4.98 Å². The van der Waals surface area contributed by atoms with Gasteiger partial charge in [0.25, 0.3) is 0 Å². The first kappa shape index (κ1) is 16.0. The van der Waals surface area contributed by atoms with Gasteiger partial charge in [-0.2, -0.15) is 0 Å². The van der Waals surface area contributed by atoms with Crippen LogP contribution in [0.4, 0.5) is 13.2 Å². The van der Waals surface area contributed by atoms with Gasteiger partial charge in [0.05, 0.1) is 22.8 Å². The van der Waals surface area contributed by atoms with Gasteiger partial charge in [-0.05, 0) is 28.2 Å². The van der Waals surface area contributed by atoms with Crippen molar-refractivity contribution in [3.63, 3.8) is 0 Å². The Hall–Kier alpha value is -1.10.